The molecule has 1 aromatic rings. The molecular weight excluding hydrogens is 211 g/mol. The minimum absolute atomic E-state index is 0.172. The molecule has 0 aliphatic heterocycles. The van der Waals surface area contributed by atoms with Gasteiger partial charge in [0.05, 0.1) is 5.56 Å². The molecule has 0 radical (unpaired) electrons. The maximum atomic E-state index is 12.5. The molecule has 0 fully saturated rings. The topological polar surface area (TPSA) is 52.5 Å². The van der Waals surface area contributed by atoms with Crippen molar-refractivity contribution in [3.8, 4) is 11.5 Å². The molecule has 0 aliphatic rings. The van der Waals surface area contributed by atoms with E-state index in [1.165, 1.54) is 7.05 Å². The molecule has 3 N–H and O–H groups in total. The zero-order valence-electron chi connectivity index (χ0n) is 7.89. The molecule has 0 heterocycles. The van der Waals surface area contributed by atoms with Gasteiger partial charge in [-0.1, -0.05) is 0 Å². The monoisotopic (exact) mass is 221 g/mol. The molecule has 84 valence electrons. The minimum atomic E-state index is -4.54. The fraction of sp³-hybridized carbons (Fsp3) is 0.333. The minimum Gasteiger partial charge on any atom is -0.504 e. The molecule has 0 bridgehead atoms. The Hall–Kier alpha value is -1.43. The Labute approximate surface area is 84.2 Å². The third-order valence-electron chi connectivity index (χ3n) is 1.92. The number of phenolic OH excluding ortho intramolecular Hbond substituents is 2. The lowest BCUT2D eigenvalue weighted by molar-refractivity contribution is -0.138. The molecule has 6 heteroatoms. The van der Waals surface area contributed by atoms with Gasteiger partial charge in [-0.2, -0.15) is 13.2 Å². The van der Waals surface area contributed by atoms with Crippen LogP contribution in [0.2, 0.25) is 0 Å². The van der Waals surface area contributed by atoms with Gasteiger partial charge in [-0.25, -0.2) is 0 Å². The Kier molecular flexibility index (Phi) is 3.09. The van der Waals surface area contributed by atoms with Crippen LogP contribution in [0, 0.1) is 0 Å². The van der Waals surface area contributed by atoms with E-state index in [1.807, 2.05) is 0 Å². The van der Waals surface area contributed by atoms with Crippen molar-refractivity contribution in [2.75, 3.05) is 7.05 Å². The summed E-state index contributed by atoms with van der Waals surface area (Å²) in [5.74, 6) is -1.30. The fourth-order valence-corrected chi connectivity index (χ4v) is 1.25. The Morgan fingerprint density at radius 3 is 2.33 bits per heavy atom. The molecule has 1 aromatic carbocycles. The highest BCUT2D eigenvalue weighted by Gasteiger charge is 2.34. The van der Waals surface area contributed by atoms with Gasteiger partial charge in [0.2, 0.25) is 0 Å². The van der Waals surface area contributed by atoms with Crippen LogP contribution >= 0.6 is 0 Å². The van der Waals surface area contributed by atoms with Crippen LogP contribution in [0.15, 0.2) is 12.1 Å². The SMILES string of the molecule is CNCc1c(C(F)(F)F)ccc(O)c1O. The van der Waals surface area contributed by atoms with Crippen molar-refractivity contribution in [2.24, 2.45) is 0 Å². The Bertz CT molecular complexity index is 363. The third kappa shape index (κ3) is 2.33. The van der Waals surface area contributed by atoms with E-state index in [0.717, 1.165) is 12.1 Å². The summed E-state index contributed by atoms with van der Waals surface area (Å²) in [6, 6.07) is 1.55. The number of hydrogen-bond donors (Lipinski definition) is 3. The summed E-state index contributed by atoms with van der Waals surface area (Å²) in [5.41, 5.74) is -1.31. The number of halogens is 3. The molecule has 0 saturated carbocycles. The Morgan fingerprint density at radius 1 is 1.27 bits per heavy atom. The van der Waals surface area contributed by atoms with Crippen molar-refractivity contribution in [3.05, 3.63) is 23.3 Å². The lowest BCUT2D eigenvalue weighted by atomic mass is 10.1. The maximum Gasteiger partial charge on any atom is 0.416 e. The standard InChI is InChI=1S/C9H10F3NO2/c1-13-4-5-6(9(10,11)12)2-3-7(14)8(5)15/h2-3,13-15H,4H2,1H3. The summed E-state index contributed by atoms with van der Waals surface area (Å²) in [5, 5.41) is 20.8. The lowest BCUT2D eigenvalue weighted by Gasteiger charge is -2.14. The van der Waals surface area contributed by atoms with Crippen molar-refractivity contribution in [1.82, 2.24) is 5.32 Å². The van der Waals surface area contributed by atoms with E-state index in [2.05, 4.69) is 5.32 Å². The molecule has 0 amide bonds. The molecule has 15 heavy (non-hydrogen) atoms. The van der Waals surface area contributed by atoms with E-state index in [4.69, 9.17) is 5.11 Å². The van der Waals surface area contributed by atoms with Crippen LogP contribution in [0.1, 0.15) is 11.1 Å². The van der Waals surface area contributed by atoms with Gasteiger partial charge in [0.25, 0.3) is 0 Å². The molecule has 0 unspecified atom stereocenters. The van der Waals surface area contributed by atoms with Crippen LogP contribution < -0.4 is 5.32 Å². The van der Waals surface area contributed by atoms with Gasteiger partial charge in [-0.05, 0) is 19.2 Å². The van der Waals surface area contributed by atoms with Gasteiger partial charge in [0.15, 0.2) is 11.5 Å². The summed E-state index contributed by atoms with van der Waals surface area (Å²) in [6.07, 6.45) is -4.54. The first kappa shape index (κ1) is 11.6. The number of phenols is 2. The summed E-state index contributed by atoms with van der Waals surface area (Å²) in [6.45, 7) is -0.172. The molecule has 0 saturated heterocycles. The molecular formula is C9H10F3NO2. The van der Waals surface area contributed by atoms with Crippen LogP contribution in [0.5, 0.6) is 11.5 Å². The van der Waals surface area contributed by atoms with E-state index >= 15 is 0 Å². The highest BCUT2D eigenvalue weighted by atomic mass is 19.4. The zero-order valence-corrected chi connectivity index (χ0v) is 7.89. The van der Waals surface area contributed by atoms with E-state index < -0.39 is 23.2 Å². The van der Waals surface area contributed by atoms with Crippen LogP contribution in [0.4, 0.5) is 13.2 Å². The Morgan fingerprint density at radius 2 is 1.87 bits per heavy atom. The van der Waals surface area contributed by atoms with E-state index in [1.54, 1.807) is 0 Å². The van der Waals surface area contributed by atoms with Gasteiger partial charge in [-0.3, -0.25) is 0 Å². The highest BCUT2D eigenvalue weighted by Crippen LogP contribution is 2.39. The van der Waals surface area contributed by atoms with Crippen LogP contribution in [-0.2, 0) is 12.7 Å². The van der Waals surface area contributed by atoms with Crippen LogP contribution in [-0.4, -0.2) is 17.3 Å². The first-order chi connectivity index (χ1) is 6.88. The predicted octanol–water partition coefficient (Wildman–Crippen LogP) is 1.84. The van der Waals surface area contributed by atoms with E-state index in [-0.39, 0.29) is 12.1 Å². The average Bonchev–Trinajstić information content (AvgIpc) is 2.11. The van der Waals surface area contributed by atoms with Gasteiger partial charge in [0.1, 0.15) is 0 Å². The second-order valence-electron chi connectivity index (χ2n) is 2.99. The number of rotatable bonds is 2. The molecule has 0 aromatic heterocycles. The normalized spacial score (nSPS) is 11.7. The second kappa shape index (κ2) is 3.98. The summed E-state index contributed by atoms with van der Waals surface area (Å²) in [4.78, 5) is 0. The summed E-state index contributed by atoms with van der Waals surface area (Å²) in [7, 11) is 1.45. The quantitative estimate of drug-likeness (QED) is 0.668. The van der Waals surface area contributed by atoms with Gasteiger partial charge < -0.3 is 15.5 Å². The van der Waals surface area contributed by atoms with Crippen molar-refractivity contribution in [3.63, 3.8) is 0 Å². The van der Waals surface area contributed by atoms with Crippen molar-refractivity contribution < 1.29 is 23.4 Å². The van der Waals surface area contributed by atoms with Crippen molar-refractivity contribution in [1.29, 1.82) is 0 Å². The zero-order chi connectivity index (χ0) is 11.6. The number of alkyl halides is 3. The van der Waals surface area contributed by atoms with E-state index in [9.17, 15) is 18.3 Å². The van der Waals surface area contributed by atoms with Gasteiger partial charge in [0, 0.05) is 12.1 Å². The average molecular weight is 221 g/mol. The van der Waals surface area contributed by atoms with Gasteiger partial charge in [-0.15, -0.1) is 0 Å². The number of benzene rings is 1. The number of hydrogen-bond acceptors (Lipinski definition) is 3. The lowest BCUT2D eigenvalue weighted by Crippen LogP contribution is -2.14. The maximum absolute atomic E-state index is 12.5. The molecule has 0 aliphatic carbocycles. The number of aromatic hydroxyl groups is 2. The smallest absolute Gasteiger partial charge is 0.416 e. The first-order valence-electron chi connectivity index (χ1n) is 4.13. The molecule has 0 atom stereocenters. The predicted molar refractivity (Wildman–Crippen MR) is 47.5 cm³/mol. The second-order valence-corrected chi connectivity index (χ2v) is 2.99. The Balaban J connectivity index is 3.33. The first-order valence-corrected chi connectivity index (χ1v) is 4.13. The molecule has 0 spiro atoms. The van der Waals surface area contributed by atoms with Crippen molar-refractivity contribution in [2.45, 2.75) is 12.7 Å². The van der Waals surface area contributed by atoms with Crippen LogP contribution in [0.25, 0.3) is 0 Å². The summed E-state index contributed by atoms with van der Waals surface area (Å²) >= 11 is 0. The largest absolute Gasteiger partial charge is 0.504 e. The fourth-order valence-electron chi connectivity index (χ4n) is 1.25. The molecule has 3 nitrogen and oxygen atoms in total. The summed E-state index contributed by atoms with van der Waals surface area (Å²) < 4.78 is 37.4. The van der Waals surface area contributed by atoms with E-state index in [0.29, 0.717) is 0 Å². The van der Waals surface area contributed by atoms with Gasteiger partial charge >= 0.3 is 6.18 Å². The van der Waals surface area contributed by atoms with Crippen LogP contribution in [0.3, 0.4) is 0 Å². The van der Waals surface area contributed by atoms with Crippen molar-refractivity contribution >= 4 is 0 Å². The highest BCUT2D eigenvalue weighted by molar-refractivity contribution is 5.49. The molecule has 1 rings (SSSR count). The third-order valence-corrected chi connectivity index (χ3v) is 1.92. The number of nitrogens with one attached hydrogen (secondary N) is 1.